The molecular formula is C20H20FN5O2. The van der Waals surface area contributed by atoms with Crippen LogP contribution in [-0.2, 0) is 0 Å². The molecule has 8 heteroatoms. The van der Waals surface area contributed by atoms with Gasteiger partial charge in [-0.15, -0.1) is 0 Å². The van der Waals surface area contributed by atoms with Crippen LogP contribution in [0.4, 0.5) is 14.9 Å². The van der Waals surface area contributed by atoms with Crippen molar-refractivity contribution in [3.05, 3.63) is 77.4 Å². The van der Waals surface area contributed by atoms with Crippen LogP contribution in [-0.4, -0.2) is 21.7 Å². The highest BCUT2D eigenvalue weighted by atomic mass is 19.1. The predicted octanol–water partition coefficient (Wildman–Crippen LogP) is 3.30. The average molecular weight is 381 g/mol. The Morgan fingerprint density at radius 1 is 1.11 bits per heavy atom. The van der Waals surface area contributed by atoms with E-state index in [0.717, 1.165) is 16.9 Å². The third-order valence-corrected chi connectivity index (χ3v) is 4.35. The molecule has 1 heterocycles. The van der Waals surface area contributed by atoms with Gasteiger partial charge in [0.2, 0.25) is 0 Å². The average Bonchev–Trinajstić information content (AvgIpc) is 3.04. The molecule has 144 valence electrons. The number of carbonyl (C=O) groups is 2. The predicted molar refractivity (Wildman–Crippen MR) is 104 cm³/mol. The quantitative estimate of drug-likeness (QED) is 0.632. The van der Waals surface area contributed by atoms with Gasteiger partial charge in [0.1, 0.15) is 5.82 Å². The van der Waals surface area contributed by atoms with E-state index < -0.39 is 6.03 Å². The van der Waals surface area contributed by atoms with E-state index in [-0.39, 0.29) is 17.8 Å². The molecule has 0 fully saturated rings. The summed E-state index contributed by atoms with van der Waals surface area (Å²) in [5.41, 5.74) is 8.46. The molecule has 1 aromatic heterocycles. The molecule has 28 heavy (non-hydrogen) atoms. The molecule has 4 N–H and O–H groups in total. The highest BCUT2D eigenvalue weighted by Gasteiger charge is 2.17. The summed E-state index contributed by atoms with van der Waals surface area (Å²) in [5, 5.41) is 9.71. The largest absolute Gasteiger partial charge is 0.351 e. The van der Waals surface area contributed by atoms with E-state index in [4.69, 9.17) is 5.73 Å². The minimum absolute atomic E-state index is 0.257. The molecule has 0 aliphatic heterocycles. The second-order valence-corrected chi connectivity index (χ2v) is 6.34. The standard InChI is InChI=1S/C20H20FN5O2/c1-12(24-19(27)14-3-7-16(8-4-14)25-20(22)28)18-11-23-26(13(18)2)17-9-5-15(21)6-10-17/h3-12H,1-2H3,(H,24,27)(H3,22,25,28)/t12-/m1/s1. The van der Waals surface area contributed by atoms with E-state index >= 15 is 0 Å². The van der Waals surface area contributed by atoms with E-state index in [2.05, 4.69) is 15.7 Å². The van der Waals surface area contributed by atoms with Gasteiger partial charge >= 0.3 is 6.03 Å². The third-order valence-electron chi connectivity index (χ3n) is 4.35. The van der Waals surface area contributed by atoms with Crippen LogP contribution in [0.5, 0.6) is 0 Å². The minimum Gasteiger partial charge on any atom is -0.351 e. The van der Waals surface area contributed by atoms with Crippen LogP contribution in [0.3, 0.4) is 0 Å². The molecule has 3 rings (SSSR count). The first-order valence-corrected chi connectivity index (χ1v) is 8.63. The zero-order valence-electron chi connectivity index (χ0n) is 15.4. The summed E-state index contributed by atoms with van der Waals surface area (Å²) in [6.45, 7) is 3.75. The Balaban J connectivity index is 1.72. The number of halogens is 1. The lowest BCUT2D eigenvalue weighted by atomic mass is 10.1. The van der Waals surface area contributed by atoms with Crippen molar-refractivity contribution in [3.8, 4) is 5.69 Å². The van der Waals surface area contributed by atoms with Crippen molar-refractivity contribution in [1.82, 2.24) is 15.1 Å². The van der Waals surface area contributed by atoms with E-state index in [9.17, 15) is 14.0 Å². The second kappa shape index (κ2) is 7.91. The number of nitrogens with zero attached hydrogens (tertiary/aromatic N) is 2. The van der Waals surface area contributed by atoms with Gasteiger partial charge in [-0.2, -0.15) is 5.10 Å². The Bertz CT molecular complexity index is 996. The van der Waals surface area contributed by atoms with Crippen LogP contribution in [0.2, 0.25) is 0 Å². The fourth-order valence-corrected chi connectivity index (χ4v) is 2.89. The van der Waals surface area contributed by atoms with Crippen LogP contribution in [0.15, 0.2) is 54.7 Å². The number of rotatable bonds is 5. The number of aromatic nitrogens is 2. The van der Waals surface area contributed by atoms with E-state index in [1.807, 2.05) is 13.8 Å². The zero-order valence-corrected chi connectivity index (χ0v) is 15.4. The van der Waals surface area contributed by atoms with Gasteiger partial charge in [-0.05, 0) is 62.4 Å². The van der Waals surface area contributed by atoms with Gasteiger partial charge in [-0.1, -0.05) is 0 Å². The molecule has 0 radical (unpaired) electrons. The van der Waals surface area contributed by atoms with E-state index in [0.29, 0.717) is 11.3 Å². The highest BCUT2D eigenvalue weighted by Crippen LogP contribution is 2.21. The number of hydrogen-bond donors (Lipinski definition) is 3. The smallest absolute Gasteiger partial charge is 0.316 e. The Morgan fingerprint density at radius 2 is 1.75 bits per heavy atom. The van der Waals surface area contributed by atoms with Gasteiger partial charge in [0, 0.05) is 22.5 Å². The van der Waals surface area contributed by atoms with Crippen molar-refractivity contribution < 1.29 is 14.0 Å². The molecule has 0 spiro atoms. The third kappa shape index (κ3) is 4.17. The fraction of sp³-hybridized carbons (Fsp3) is 0.150. The molecule has 3 amide bonds. The lowest BCUT2D eigenvalue weighted by molar-refractivity contribution is 0.0940. The number of primary amides is 1. The van der Waals surface area contributed by atoms with E-state index in [1.165, 1.54) is 12.1 Å². The van der Waals surface area contributed by atoms with Crippen molar-refractivity contribution in [2.24, 2.45) is 5.73 Å². The topological polar surface area (TPSA) is 102 Å². The van der Waals surface area contributed by atoms with Crippen molar-refractivity contribution in [1.29, 1.82) is 0 Å². The second-order valence-electron chi connectivity index (χ2n) is 6.34. The van der Waals surface area contributed by atoms with Crippen LogP contribution in [0, 0.1) is 12.7 Å². The maximum absolute atomic E-state index is 13.1. The summed E-state index contributed by atoms with van der Waals surface area (Å²) >= 11 is 0. The first-order chi connectivity index (χ1) is 13.3. The van der Waals surface area contributed by atoms with Crippen LogP contribution in [0.1, 0.15) is 34.6 Å². The van der Waals surface area contributed by atoms with Crippen molar-refractivity contribution in [2.45, 2.75) is 19.9 Å². The summed E-state index contributed by atoms with van der Waals surface area (Å²) in [7, 11) is 0. The number of benzene rings is 2. The number of nitrogens with one attached hydrogen (secondary N) is 2. The normalized spacial score (nSPS) is 11.7. The molecule has 7 nitrogen and oxygen atoms in total. The molecule has 0 aliphatic carbocycles. The van der Waals surface area contributed by atoms with Gasteiger partial charge in [0.25, 0.3) is 5.91 Å². The number of amides is 3. The zero-order chi connectivity index (χ0) is 20.3. The molecule has 2 aromatic carbocycles. The fourth-order valence-electron chi connectivity index (χ4n) is 2.89. The first kappa shape index (κ1) is 19.1. The molecule has 0 bridgehead atoms. The molecule has 3 aromatic rings. The van der Waals surface area contributed by atoms with Gasteiger partial charge < -0.3 is 16.4 Å². The Kier molecular flexibility index (Phi) is 5.39. The molecule has 0 saturated heterocycles. The van der Waals surface area contributed by atoms with Gasteiger partial charge in [0.05, 0.1) is 17.9 Å². The maximum Gasteiger partial charge on any atom is 0.316 e. The number of carbonyl (C=O) groups excluding carboxylic acids is 2. The van der Waals surface area contributed by atoms with E-state index in [1.54, 1.807) is 47.3 Å². The van der Waals surface area contributed by atoms with Gasteiger partial charge in [0.15, 0.2) is 0 Å². The lowest BCUT2D eigenvalue weighted by Crippen LogP contribution is -2.27. The SMILES string of the molecule is Cc1c([C@@H](C)NC(=O)c2ccc(NC(N)=O)cc2)cnn1-c1ccc(F)cc1. The number of urea groups is 1. The first-order valence-electron chi connectivity index (χ1n) is 8.63. The van der Waals surface area contributed by atoms with Crippen molar-refractivity contribution in [2.75, 3.05) is 5.32 Å². The Labute approximate surface area is 161 Å². The number of hydrogen-bond acceptors (Lipinski definition) is 3. The minimum atomic E-state index is -0.667. The van der Waals surface area contributed by atoms with Gasteiger partial charge in [-0.3, -0.25) is 4.79 Å². The highest BCUT2D eigenvalue weighted by molar-refractivity contribution is 5.95. The van der Waals surface area contributed by atoms with Crippen molar-refractivity contribution >= 4 is 17.6 Å². The maximum atomic E-state index is 13.1. The molecule has 0 aliphatic rings. The van der Waals surface area contributed by atoms with Crippen molar-refractivity contribution in [3.63, 3.8) is 0 Å². The Morgan fingerprint density at radius 3 is 2.36 bits per heavy atom. The summed E-state index contributed by atoms with van der Waals surface area (Å²) in [6.07, 6.45) is 1.68. The number of anilines is 1. The monoisotopic (exact) mass is 381 g/mol. The molecule has 0 unspecified atom stereocenters. The Hall–Kier alpha value is -3.68. The summed E-state index contributed by atoms with van der Waals surface area (Å²) in [6, 6.07) is 11.5. The molecule has 0 saturated carbocycles. The molecular weight excluding hydrogens is 361 g/mol. The summed E-state index contributed by atoms with van der Waals surface area (Å²) < 4.78 is 14.8. The molecule has 1 atom stereocenters. The van der Waals surface area contributed by atoms with Crippen LogP contribution < -0.4 is 16.4 Å². The summed E-state index contributed by atoms with van der Waals surface area (Å²) in [4.78, 5) is 23.3. The van der Waals surface area contributed by atoms with Crippen LogP contribution in [0.25, 0.3) is 5.69 Å². The number of nitrogens with two attached hydrogens (primary N) is 1. The van der Waals surface area contributed by atoms with Crippen LogP contribution >= 0.6 is 0 Å². The van der Waals surface area contributed by atoms with Gasteiger partial charge in [-0.25, -0.2) is 13.9 Å². The lowest BCUT2D eigenvalue weighted by Gasteiger charge is -2.14. The summed E-state index contributed by atoms with van der Waals surface area (Å²) in [5.74, 6) is -0.571.